The van der Waals surface area contributed by atoms with Crippen LogP contribution in [0.1, 0.15) is 58.8 Å². The maximum Gasteiger partial charge on any atom is 0.159 e. The van der Waals surface area contributed by atoms with Crippen LogP contribution in [-0.2, 0) is 0 Å². The zero-order valence-corrected chi connectivity index (χ0v) is 19.8. The molecule has 0 radical (unpaired) electrons. The molecule has 3 aromatic rings. The molecule has 0 aliphatic carbocycles. The van der Waals surface area contributed by atoms with Gasteiger partial charge in [-0.2, -0.15) is 0 Å². The second-order valence-corrected chi connectivity index (χ2v) is 8.23. The van der Waals surface area contributed by atoms with Crippen molar-refractivity contribution in [1.29, 1.82) is 0 Å². The predicted molar refractivity (Wildman–Crippen MR) is 132 cm³/mol. The minimum absolute atomic E-state index is 0.440. The molecule has 1 unspecified atom stereocenters. The Kier molecular flexibility index (Phi) is 10.1. The average molecular weight is 451 g/mol. The molecule has 0 saturated carbocycles. The minimum atomic E-state index is -0.498. The molecular weight excluding hydrogens is 415 g/mol. The number of hydrogen-bond acceptors (Lipinski definition) is 4. The van der Waals surface area contributed by atoms with Crippen LogP contribution in [-0.4, -0.2) is 29.4 Å². The van der Waals surface area contributed by atoms with Crippen molar-refractivity contribution >= 4 is 0 Å². The molecule has 1 aromatic heterocycles. The van der Waals surface area contributed by atoms with Crippen molar-refractivity contribution < 1.29 is 13.9 Å². The van der Waals surface area contributed by atoms with Crippen molar-refractivity contribution in [2.75, 3.05) is 13.3 Å². The van der Waals surface area contributed by atoms with E-state index in [1.165, 1.54) is 6.42 Å². The largest absolute Gasteiger partial charge is 0.494 e. The molecule has 5 heteroatoms. The van der Waals surface area contributed by atoms with E-state index >= 15 is 0 Å². The van der Waals surface area contributed by atoms with E-state index in [2.05, 4.69) is 18.8 Å². The molecule has 3 rings (SSSR count). The fourth-order valence-corrected chi connectivity index (χ4v) is 3.61. The van der Waals surface area contributed by atoms with Crippen molar-refractivity contribution in [3.63, 3.8) is 0 Å². The number of halogens is 1. The Balaban J connectivity index is 1.75. The third-order valence-electron chi connectivity index (χ3n) is 5.54. The average Bonchev–Trinajstić information content (AvgIpc) is 2.87. The third kappa shape index (κ3) is 7.55. The van der Waals surface area contributed by atoms with Gasteiger partial charge in [-0.25, -0.2) is 14.4 Å². The zero-order valence-electron chi connectivity index (χ0n) is 19.8. The van der Waals surface area contributed by atoms with Crippen molar-refractivity contribution in [3.05, 3.63) is 60.8 Å². The number of rotatable bonds is 14. The Bertz CT molecular complexity index is 962. The lowest BCUT2D eigenvalue weighted by Crippen LogP contribution is -2.19. The smallest absolute Gasteiger partial charge is 0.159 e. The lowest BCUT2D eigenvalue weighted by molar-refractivity contribution is 0.152. The Morgan fingerprint density at radius 3 is 2.42 bits per heavy atom. The first-order chi connectivity index (χ1) is 16.2. The van der Waals surface area contributed by atoms with Gasteiger partial charge in [0.25, 0.3) is 0 Å². The molecule has 1 heterocycles. The molecule has 0 fully saturated rings. The maximum absolute atomic E-state index is 13.6. The first-order valence-corrected chi connectivity index (χ1v) is 12.1. The predicted octanol–water partition coefficient (Wildman–Crippen LogP) is 7.68. The summed E-state index contributed by atoms with van der Waals surface area (Å²) in [7, 11) is 0. The van der Waals surface area contributed by atoms with E-state index in [9.17, 15) is 4.39 Å². The highest BCUT2D eigenvalue weighted by Gasteiger charge is 2.15. The van der Waals surface area contributed by atoms with E-state index in [0.29, 0.717) is 18.0 Å². The van der Waals surface area contributed by atoms with Gasteiger partial charge in [-0.05, 0) is 61.7 Å². The van der Waals surface area contributed by atoms with Crippen LogP contribution in [0, 0.1) is 0 Å². The number of benzene rings is 2. The minimum Gasteiger partial charge on any atom is -0.494 e. The van der Waals surface area contributed by atoms with Gasteiger partial charge in [-0.1, -0.05) is 51.7 Å². The molecule has 0 amide bonds. The third-order valence-corrected chi connectivity index (χ3v) is 5.54. The van der Waals surface area contributed by atoms with Crippen molar-refractivity contribution in [2.24, 2.45) is 0 Å². The van der Waals surface area contributed by atoms with Crippen LogP contribution < -0.4 is 9.47 Å². The quantitative estimate of drug-likeness (QED) is 0.236. The first kappa shape index (κ1) is 24.7. The lowest BCUT2D eigenvalue weighted by Gasteiger charge is -2.18. The molecule has 0 spiro atoms. The summed E-state index contributed by atoms with van der Waals surface area (Å²) in [4.78, 5) is 9.23. The highest BCUT2D eigenvalue weighted by molar-refractivity contribution is 5.69. The van der Waals surface area contributed by atoms with Crippen molar-refractivity contribution in [3.8, 4) is 34.1 Å². The number of ether oxygens (including phenoxy) is 2. The van der Waals surface area contributed by atoms with Gasteiger partial charge >= 0.3 is 0 Å². The summed E-state index contributed by atoms with van der Waals surface area (Å²) >= 11 is 0. The number of hydrogen-bond donors (Lipinski definition) is 0. The highest BCUT2D eigenvalue weighted by Crippen LogP contribution is 2.31. The van der Waals surface area contributed by atoms with Crippen LogP contribution in [0.3, 0.4) is 0 Å². The SMILES string of the molecule is CCCCCCC(CF)Oc1ccccc1-c1ccnc(-c2ccc(OCCCC)cc2)n1. The van der Waals surface area contributed by atoms with E-state index in [1.807, 2.05) is 54.6 Å². The number of unbranched alkanes of at least 4 members (excludes halogenated alkanes) is 4. The topological polar surface area (TPSA) is 44.2 Å². The van der Waals surface area contributed by atoms with Gasteiger partial charge < -0.3 is 9.47 Å². The summed E-state index contributed by atoms with van der Waals surface area (Å²) in [5, 5.41) is 0. The van der Waals surface area contributed by atoms with Gasteiger partial charge in [-0.15, -0.1) is 0 Å². The molecule has 0 N–H and O–H groups in total. The number of alkyl halides is 1. The number of nitrogens with zero attached hydrogens (tertiary/aromatic N) is 2. The normalized spacial score (nSPS) is 11.8. The highest BCUT2D eigenvalue weighted by atomic mass is 19.1. The summed E-state index contributed by atoms with van der Waals surface area (Å²) in [5.41, 5.74) is 2.51. The van der Waals surface area contributed by atoms with Crippen LogP contribution in [0.15, 0.2) is 60.8 Å². The fraction of sp³-hybridized carbons (Fsp3) is 0.429. The molecule has 1 atom stereocenters. The molecule has 176 valence electrons. The Morgan fingerprint density at radius 2 is 1.67 bits per heavy atom. The number of para-hydroxylation sites is 1. The number of aromatic nitrogens is 2. The molecule has 0 bridgehead atoms. The van der Waals surface area contributed by atoms with Crippen molar-refractivity contribution in [1.82, 2.24) is 9.97 Å². The van der Waals surface area contributed by atoms with Crippen molar-refractivity contribution in [2.45, 2.75) is 64.9 Å². The first-order valence-electron chi connectivity index (χ1n) is 12.1. The van der Waals surface area contributed by atoms with Gasteiger partial charge in [0.05, 0.1) is 12.3 Å². The van der Waals surface area contributed by atoms with Crippen LogP contribution >= 0.6 is 0 Å². The van der Waals surface area contributed by atoms with Gasteiger partial charge in [0, 0.05) is 17.3 Å². The zero-order chi connectivity index (χ0) is 23.3. The molecular formula is C28H35FN2O2. The summed E-state index contributed by atoms with van der Waals surface area (Å²) < 4.78 is 25.5. The molecule has 2 aromatic carbocycles. The van der Waals surface area contributed by atoms with Crippen LogP contribution in [0.4, 0.5) is 4.39 Å². The monoisotopic (exact) mass is 450 g/mol. The van der Waals surface area contributed by atoms with E-state index in [0.717, 1.165) is 61.3 Å². The van der Waals surface area contributed by atoms with E-state index < -0.39 is 12.8 Å². The van der Waals surface area contributed by atoms with E-state index in [1.54, 1.807) is 6.20 Å². The maximum atomic E-state index is 13.6. The lowest BCUT2D eigenvalue weighted by atomic mass is 10.1. The Hall–Kier alpha value is -2.95. The second-order valence-electron chi connectivity index (χ2n) is 8.23. The van der Waals surface area contributed by atoms with Gasteiger partial charge in [0.2, 0.25) is 0 Å². The molecule has 0 aliphatic rings. The van der Waals surface area contributed by atoms with E-state index in [4.69, 9.17) is 14.5 Å². The second kappa shape index (κ2) is 13.6. The summed E-state index contributed by atoms with van der Waals surface area (Å²) in [6.45, 7) is 4.54. The van der Waals surface area contributed by atoms with Crippen LogP contribution in [0.2, 0.25) is 0 Å². The molecule has 0 saturated heterocycles. The standard InChI is InChI=1S/C28H35FN2O2/c1-3-5-7-8-11-24(21-29)33-27-13-10-9-12-25(27)26-18-19-30-28(31-26)22-14-16-23(17-15-22)32-20-6-4-2/h9-10,12-19,24H,3-8,11,20-21H2,1-2H3. The molecule has 4 nitrogen and oxygen atoms in total. The van der Waals surface area contributed by atoms with Crippen LogP contribution in [0.5, 0.6) is 11.5 Å². The van der Waals surface area contributed by atoms with Gasteiger partial charge in [0.15, 0.2) is 5.82 Å². The van der Waals surface area contributed by atoms with Gasteiger partial charge in [-0.3, -0.25) is 0 Å². The molecule has 0 aliphatic heterocycles. The van der Waals surface area contributed by atoms with Crippen LogP contribution in [0.25, 0.3) is 22.6 Å². The fourth-order valence-electron chi connectivity index (χ4n) is 3.61. The Labute approximate surface area is 197 Å². The summed E-state index contributed by atoms with van der Waals surface area (Å²) in [5.74, 6) is 2.13. The molecule has 33 heavy (non-hydrogen) atoms. The summed E-state index contributed by atoms with van der Waals surface area (Å²) in [6.07, 6.45) is 8.58. The summed E-state index contributed by atoms with van der Waals surface area (Å²) in [6, 6.07) is 17.4. The van der Waals surface area contributed by atoms with Gasteiger partial charge in [0.1, 0.15) is 24.3 Å². The Morgan fingerprint density at radius 1 is 0.879 bits per heavy atom. The van der Waals surface area contributed by atoms with E-state index in [-0.39, 0.29) is 0 Å².